The highest BCUT2D eigenvalue weighted by Crippen LogP contribution is 2.13. The topological polar surface area (TPSA) is 89.6 Å². The smallest absolute Gasteiger partial charge is 0.320 e. The van der Waals surface area contributed by atoms with Crippen molar-refractivity contribution in [3.8, 4) is 0 Å². The molecule has 0 aliphatic heterocycles. The van der Waals surface area contributed by atoms with Crippen molar-refractivity contribution in [3.05, 3.63) is 35.9 Å². The summed E-state index contributed by atoms with van der Waals surface area (Å²) in [6.45, 7) is 3.64. The van der Waals surface area contributed by atoms with Gasteiger partial charge in [0.2, 0.25) is 0 Å². The summed E-state index contributed by atoms with van der Waals surface area (Å²) in [5, 5.41) is 8.73. The predicted octanol–water partition coefficient (Wildman–Crippen LogP) is 1.99. The van der Waals surface area contributed by atoms with Crippen LogP contribution in [0.4, 0.5) is 0 Å². The molecule has 0 spiro atoms. The fourth-order valence-electron chi connectivity index (χ4n) is 2.16. The number of benzene rings is 1. The molecule has 0 bridgehead atoms. The average Bonchev–Trinajstić information content (AvgIpc) is 2.38. The van der Waals surface area contributed by atoms with Crippen molar-refractivity contribution in [2.45, 2.75) is 45.3 Å². The Morgan fingerprint density at radius 2 is 1.86 bits per heavy atom. The maximum atomic E-state index is 11.8. The summed E-state index contributed by atoms with van der Waals surface area (Å²) < 4.78 is 5.34. The molecule has 116 valence electrons. The number of hydrogen-bond acceptors (Lipinski definition) is 4. The number of nitrogens with two attached hydrogens (primary N) is 1. The number of esters is 1. The van der Waals surface area contributed by atoms with Gasteiger partial charge in [0.05, 0.1) is 0 Å². The lowest BCUT2D eigenvalue weighted by atomic mass is 9.99. The van der Waals surface area contributed by atoms with Gasteiger partial charge in [-0.2, -0.15) is 0 Å². The third-order valence-electron chi connectivity index (χ3n) is 3.19. The van der Waals surface area contributed by atoms with Gasteiger partial charge in [0, 0.05) is 12.8 Å². The minimum Gasteiger partial charge on any atom is -0.480 e. The molecule has 0 saturated heterocycles. The fraction of sp³-hybridized carbons (Fsp3) is 0.500. The molecule has 3 N–H and O–H groups in total. The van der Waals surface area contributed by atoms with E-state index in [2.05, 4.69) is 0 Å². The monoisotopic (exact) mass is 293 g/mol. The summed E-state index contributed by atoms with van der Waals surface area (Å²) in [5.41, 5.74) is 6.55. The number of hydrogen-bond donors (Lipinski definition) is 2. The molecule has 1 rings (SSSR count). The van der Waals surface area contributed by atoms with Crippen molar-refractivity contribution >= 4 is 11.9 Å². The Bertz CT molecular complexity index is 461. The molecule has 1 aromatic rings. The quantitative estimate of drug-likeness (QED) is 0.715. The Balaban J connectivity index is 2.34. The first-order valence-corrected chi connectivity index (χ1v) is 7.10. The second-order valence-electron chi connectivity index (χ2n) is 5.48. The van der Waals surface area contributed by atoms with Crippen molar-refractivity contribution in [1.82, 2.24) is 0 Å². The van der Waals surface area contributed by atoms with Gasteiger partial charge in [-0.1, -0.05) is 37.3 Å². The molecule has 1 aromatic carbocycles. The summed E-state index contributed by atoms with van der Waals surface area (Å²) >= 11 is 0. The average molecular weight is 293 g/mol. The van der Waals surface area contributed by atoms with Crippen molar-refractivity contribution in [1.29, 1.82) is 0 Å². The Kier molecular flexibility index (Phi) is 6.88. The van der Waals surface area contributed by atoms with Crippen LogP contribution in [0.3, 0.4) is 0 Å². The molecule has 3 atom stereocenters. The largest absolute Gasteiger partial charge is 0.480 e. The van der Waals surface area contributed by atoms with E-state index < -0.39 is 12.0 Å². The normalized spacial score (nSPS) is 15.0. The van der Waals surface area contributed by atoms with E-state index in [1.807, 2.05) is 37.3 Å². The summed E-state index contributed by atoms with van der Waals surface area (Å²) in [4.78, 5) is 22.5. The highest BCUT2D eigenvalue weighted by atomic mass is 16.5. The minimum atomic E-state index is -1.05. The number of ether oxygens (including phenoxy) is 1. The van der Waals surface area contributed by atoms with E-state index in [-0.39, 0.29) is 30.8 Å². The molecule has 2 unspecified atom stereocenters. The van der Waals surface area contributed by atoms with Crippen LogP contribution >= 0.6 is 0 Å². The molecule has 5 heteroatoms. The summed E-state index contributed by atoms with van der Waals surface area (Å²) in [6.07, 6.45) is 0.896. The van der Waals surface area contributed by atoms with Gasteiger partial charge in [0.1, 0.15) is 12.1 Å². The van der Waals surface area contributed by atoms with Gasteiger partial charge in [0.25, 0.3) is 0 Å². The van der Waals surface area contributed by atoms with Crippen LogP contribution in [0.15, 0.2) is 30.3 Å². The number of carboxylic acids is 1. The zero-order valence-corrected chi connectivity index (χ0v) is 12.5. The highest BCUT2D eigenvalue weighted by molar-refractivity contribution is 5.73. The third kappa shape index (κ3) is 6.90. The summed E-state index contributed by atoms with van der Waals surface area (Å²) in [5.74, 6) is -1.48. The number of carbonyl (C=O) groups excluding carboxylic acids is 1. The number of carboxylic acid groups (broad SMARTS) is 1. The van der Waals surface area contributed by atoms with E-state index in [1.54, 1.807) is 6.92 Å². The van der Waals surface area contributed by atoms with Crippen LogP contribution in [0.25, 0.3) is 0 Å². The van der Waals surface area contributed by atoms with Gasteiger partial charge in [0.15, 0.2) is 0 Å². The van der Waals surface area contributed by atoms with Crippen molar-refractivity contribution in [2.75, 3.05) is 0 Å². The molecule has 21 heavy (non-hydrogen) atoms. The van der Waals surface area contributed by atoms with Gasteiger partial charge in [-0.05, 0) is 24.8 Å². The van der Waals surface area contributed by atoms with Crippen LogP contribution in [0, 0.1) is 5.92 Å². The fourth-order valence-corrected chi connectivity index (χ4v) is 2.16. The molecule has 0 heterocycles. The lowest BCUT2D eigenvalue weighted by molar-refractivity contribution is -0.149. The van der Waals surface area contributed by atoms with Crippen LogP contribution in [-0.4, -0.2) is 29.2 Å². The minimum absolute atomic E-state index is 0.118. The van der Waals surface area contributed by atoms with E-state index in [0.29, 0.717) is 6.42 Å². The van der Waals surface area contributed by atoms with Gasteiger partial charge >= 0.3 is 11.9 Å². The molecule has 0 saturated carbocycles. The van der Waals surface area contributed by atoms with Crippen molar-refractivity contribution in [2.24, 2.45) is 11.7 Å². The van der Waals surface area contributed by atoms with Gasteiger partial charge in [-0.25, -0.2) is 0 Å². The van der Waals surface area contributed by atoms with Crippen LogP contribution in [0.1, 0.15) is 32.3 Å². The Hall–Kier alpha value is -1.88. The van der Waals surface area contributed by atoms with Gasteiger partial charge in [-0.15, -0.1) is 0 Å². The zero-order chi connectivity index (χ0) is 15.8. The molecular weight excluding hydrogens is 270 g/mol. The van der Waals surface area contributed by atoms with Gasteiger partial charge in [-0.3, -0.25) is 9.59 Å². The lowest BCUT2D eigenvalue weighted by Crippen LogP contribution is -2.32. The number of rotatable bonds is 8. The second-order valence-corrected chi connectivity index (χ2v) is 5.48. The standard InChI is InChI=1S/C16H23NO4/c1-11(8-14(17)16(19)20)9-15(18)21-12(2)10-13-6-4-3-5-7-13/h3-7,11-12,14H,8-10,17H2,1-2H3,(H,19,20)/t11?,12?,14-/m0/s1. The van der Waals surface area contributed by atoms with Crippen LogP contribution in [0.2, 0.25) is 0 Å². The zero-order valence-electron chi connectivity index (χ0n) is 12.5. The molecule has 5 nitrogen and oxygen atoms in total. The Labute approximate surface area is 125 Å². The molecule has 0 fully saturated rings. The molecule has 0 radical (unpaired) electrons. The van der Waals surface area contributed by atoms with Gasteiger partial charge < -0.3 is 15.6 Å². The SMILES string of the molecule is CC(CC(=O)OC(C)Cc1ccccc1)C[C@H](N)C(=O)O. The van der Waals surface area contributed by atoms with E-state index >= 15 is 0 Å². The third-order valence-corrected chi connectivity index (χ3v) is 3.19. The first-order chi connectivity index (χ1) is 9.88. The number of carbonyl (C=O) groups is 2. The molecule has 0 aromatic heterocycles. The first-order valence-electron chi connectivity index (χ1n) is 7.10. The lowest BCUT2D eigenvalue weighted by Gasteiger charge is -2.17. The molecular formula is C16H23NO4. The maximum Gasteiger partial charge on any atom is 0.320 e. The number of aliphatic carboxylic acids is 1. The predicted molar refractivity (Wildman–Crippen MR) is 79.7 cm³/mol. The van der Waals surface area contributed by atoms with Crippen LogP contribution in [0.5, 0.6) is 0 Å². The van der Waals surface area contributed by atoms with Crippen molar-refractivity contribution in [3.63, 3.8) is 0 Å². The first kappa shape index (κ1) is 17.2. The molecule has 0 amide bonds. The summed E-state index contributed by atoms with van der Waals surface area (Å²) in [6, 6.07) is 8.86. The Morgan fingerprint density at radius 3 is 2.43 bits per heavy atom. The van der Waals surface area contributed by atoms with E-state index in [4.69, 9.17) is 15.6 Å². The Morgan fingerprint density at radius 1 is 1.24 bits per heavy atom. The van der Waals surface area contributed by atoms with Crippen molar-refractivity contribution < 1.29 is 19.4 Å². The van der Waals surface area contributed by atoms with Crippen LogP contribution < -0.4 is 5.73 Å². The summed E-state index contributed by atoms with van der Waals surface area (Å²) in [7, 11) is 0. The van der Waals surface area contributed by atoms with E-state index in [0.717, 1.165) is 5.56 Å². The van der Waals surface area contributed by atoms with E-state index in [9.17, 15) is 9.59 Å². The van der Waals surface area contributed by atoms with E-state index in [1.165, 1.54) is 0 Å². The highest BCUT2D eigenvalue weighted by Gasteiger charge is 2.19. The maximum absolute atomic E-state index is 11.8. The molecule has 0 aliphatic rings. The molecule has 0 aliphatic carbocycles. The van der Waals surface area contributed by atoms with Crippen LogP contribution in [-0.2, 0) is 20.7 Å². The second kappa shape index (κ2) is 8.42.